The highest BCUT2D eigenvalue weighted by molar-refractivity contribution is 5.68. The molecule has 0 saturated carbocycles. The van der Waals surface area contributed by atoms with Crippen molar-refractivity contribution in [2.75, 3.05) is 6.61 Å². The molecule has 0 bridgehead atoms. The molecule has 0 aliphatic rings. The van der Waals surface area contributed by atoms with Gasteiger partial charge in [-0.3, -0.25) is 4.79 Å². The van der Waals surface area contributed by atoms with E-state index < -0.39 is 0 Å². The van der Waals surface area contributed by atoms with Gasteiger partial charge in [0.25, 0.3) is 0 Å². The largest absolute Gasteiger partial charge is 0.463 e. The van der Waals surface area contributed by atoms with Crippen molar-refractivity contribution in [3.05, 3.63) is 12.4 Å². The summed E-state index contributed by atoms with van der Waals surface area (Å²) in [4.78, 5) is 10.8. The van der Waals surface area contributed by atoms with Crippen molar-refractivity contribution >= 4 is 5.97 Å². The third kappa shape index (κ3) is 2.85. The van der Waals surface area contributed by atoms with Gasteiger partial charge >= 0.3 is 5.97 Å². The van der Waals surface area contributed by atoms with Crippen molar-refractivity contribution in [1.82, 2.24) is 15.0 Å². The molecule has 5 nitrogen and oxygen atoms in total. The molecule has 0 fully saturated rings. The highest BCUT2D eigenvalue weighted by atomic mass is 16.5. The number of esters is 1. The predicted molar refractivity (Wildman–Crippen MR) is 46.0 cm³/mol. The van der Waals surface area contributed by atoms with Crippen LogP contribution < -0.4 is 0 Å². The molecule has 1 unspecified atom stereocenters. The maximum atomic E-state index is 10.8. The van der Waals surface area contributed by atoms with Crippen molar-refractivity contribution in [1.29, 1.82) is 0 Å². The number of ether oxygens (including phenoxy) is 1. The van der Waals surface area contributed by atoms with Crippen LogP contribution in [0.15, 0.2) is 12.4 Å². The first-order valence-electron chi connectivity index (χ1n) is 4.25. The van der Waals surface area contributed by atoms with Gasteiger partial charge in [0, 0.05) is 12.6 Å². The molecule has 5 heteroatoms. The van der Waals surface area contributed by atoms with Gasteiger partial charge in [-0.05, 0) is 6.92 Å². The fourth-order valence-electron chi connectivity index (χ4n) is 0.844. The Kier molecular flexibility index (Phi) is 3.42. The van der Waals surface area contributed by atoms with Crippen LogP contribution in [-0.2, 0) is 9.53 Å². The van der Waals surface area contributed by atoms with E-state index in [1.54, 1.807) is 24.0 Å². The molecular formula is C8H13N3O2. The Bertz CT molecular complexity index is 258. The second kappa shape index (κ2) is 4.59. The molecule has 72 valence electrons. The average Bonchev–Trinajstić information content (AvgIpc) is 2.66. The molecule has 1 heterocycles. The smallest absolute Gasteiger partial charge is 0.305 e. The zero-order valence-electron chi connectivity index (χ0n) is 7.80. The van der Waals surface area contributed by atoms with Crippen molar-refractivity contribution in [3.63, 3.8) is 0 Å². The van der Waals surface area contributed by atoms with Gasteiger partial charge in [0.2, 0.25) is 0 Å². The van der Waals surface area contributed by atoms with Crippen LogP contribution in [0.3, 0.4) is 0 Å². The SMILES string of the molecule is CCC(=O)OCC(C)n1ccnn1. The number of nitrogens with zero attached hydrogens (tertiary/aromatic N) is 3. The highest BCUT2D eigenvalue weighted by Crippen LogP contribution is 2.02. The first kappa shape index (κ1) is 9.70. The van der Waals surface area contributed by atoms with Gasteiger partial charge < -0.3 is 4.74 Å². The van der Waals surface area contributed by atoms with E-state index in [1.807, 2.05) is 6.92 Å². The molecule has 1 aromatic heterocycles. The van der Waals surface area contributed by atoms with Gasteiger partial charge in [-0.2, -0.15) is 0 Å². The van der Waals surface area contributed by atoms with Crippen LogP contribution in [-0.4, -0.2) is 27.6 Å². The first-order chi connectivity index (χ1) is 6.24. The van der Waals surface area contributed by atoms with Crippen LogP contribution in [0.5, 0.6) is 0 Å². The molecule has 0 aromatic carbocycles. The lowest BCUT2D eigenvalue weighted by molar-refractivity contribution is -0.144. The Labute approximate surface area is 76.7 Å². The minimum atomic E-state index is -0.188. The molecule has 0 aliphatic carbocycles. The Balaban J connectivity index is 2.34. The van der Waals surface area contributed by atoms with E-state index in [0.29, 0.717) is 13.0 Å². The van der Waals surface area contributed by atoms with Crippen LogP contribution in [0, 0.1) is 0 Å². The summed E-state index contributed by atoms with van der Waals surface area (Å²) in [6, 6.07) is 0.0398. The number of carbonyl (C=O) groups excluding carboxylic acids is 1. The molecule has 1 aromatic rings. The minimum absolute atomic E-state index is 0.0398. The van der Waals surface area contributed by atoms with Gasteiger partial charge in [-0.15, -0.1) is 5.10 Å². The standard InChI is InChI=1S/C8H13N3O2/c1-3-8(12)13-6-7(2)11-5-4-9-10-11/h4-5,7H,3,6H2,1-2H3. The van der Waals surface area contributed by atoms with E-state index in [0.717, 1.165) is 0 Å². The first-order valence-corrected chi connectivity index (χ1v) is 4.25. The fourth-order valence-corrected chi connectivity index (χ4v) is 0.844. The maximum absolute atomic E-state index is 10.8. The summed E-state index contributed by atoms with van der Waals surface area (Å²) in [6.07, 6.45) is 3.74. The monoisotopic (exact) mass is 183 g/mol. The van der Waals surface area contributed by atoms with Crippen LogP contribution in [0.4, 0.5) is 0 Å². The lowest BCUT2D eigenvalue weighted by Gasteiger charge is -2.10. The summed E-state index contributed by atoms with van der Waals surface area (Å²) >= 11 is 0. The third-order valence-electron chi connectivity index (χ3n) is 1.67. The summed E-state index contributed by atoms with van der Waals surface area (Å²) in [6.45, 7) is 4.02. The number of carbonyl (C=O) groups is 1. The summed E-state index contributed by atoms with van der Waals surface area (Å²) in [7, 11) is 0. The van der Waals surface area contributed by atoms with E-state index >= 15 is 0 Å². The quantitative estimate of drug-likeness (QED) is 0.647. The topological polar surface area (TPSA) is 57.0 Å². The Morgan fingerprint density at radius 3 is 3.00 bits per heavy atom. The molecule has 0 saturated heterocycles. The Morgan fingerprint density at radius 1 is 1.69 bits per heavy atom. The Morgan fingerprint density at radius 2 is 2.46 bits per heavy atom. The molecule has 13 heavy (non-hydrogen) atoms. The normalized spacial score (nSPS) is 12.5. The van der Waals surface area contributed by atoms with E-state index in [9.17, 15) is 4.79 Å². The van der Waals surface area contributed by atoms with E-state index in [4.69, 9.17) is 4.74 Å². The minimum Gasteiger partial charge on any atom is -0.463 e. The molecule has 0 aliphatic heterocycles. The van der Waals surface area contributed by atoms with Crippen molar-refractivity contribution in [2.45, 2.75) is 26.3 Å². The summed E-state index contributed by atoms with van der Waals surface area (Å²) in [5.74, 6) is -0.188. The summed E-state index contributed by atoms with van der Waals surface area (Å²) in [5, 5.41) is 7.46. The molecule has 0 spiro atoms. The predicted octanol–water partition coefficient (Wildman–Crippen LogP) is 0.792. The van der Waals surface area contributed by atoms with Crippen LogP contribution in [0.2, 0.25) is 0 Å². The third-order valence-corrected chi connectivity index (χ3v) is 1.67. The lowest BCUT2D eigenvalue weighted by atomic mass is 10.4. The van der Waals surface area contributed by atoms with Gasteiger partial charge in [-0.25, -0.2) is 4.68 Å². The highest BCUT2D eigenvalue weighted by Gasteiger charge is 2.07. The number of rotatable bonds is 4. The van der Waals surface area contributed by atoms with Crippen LogP contribution in [0.1, 0.15) is 26.3 Å². The lowest BCUT2D eigenvalue weighted by Crippen LogP contribution is -2.15. The zero-order chi connectivity index (χ0) is 9.68. The average molecular weight is 183 g/mol. The number of hydrogen-bond donors (Lipinski definition) is 0. The van der Waals surface area contributed by atoms with Gasteiger partial charge in [0.05, 0.1) is 12.2 Å². The van der Waals surface area contributed by atoms with Gasteiger partial charge in [-0.1, -0.05) is 12.1 Å². The second-order valence-electron chi connectivity index (χ2n) is 2.77. The van der Waals surface area contributed by atoms with Gasteiger partial charge in [0.1, 0.15) is 6.61 Å². The molecule has 0 radical (unpaired) electrons. The summed E-state index contributed by atoms with van der Waals surface area (Å²) < 4.78 is 6.60. The Hall–Kier alpha value is -1.39. The van der Waals surface area contributed by atoms with Crippen molar-refractivity contribution < 1.29 is 9.53 Å². The molecule has 0 amide bonds. The van der Waals surface area contributed by atoms with Crippen LogP contribution >= 0.6 is 0 Å². The molecule has 1 rings (SSSR count). The van der Waals surface area contributed by atoms with Crippen molar-refractivity contribution in [3.8, 4) is 0 Å². The molecule has 0 N–H and O–H groups in total. The van der Waals surface area contributed by atoms with E-state index in [-0.39, 0.29) is 12.0 Å². The van der Waals surface area contributed by atoms with Gasteiger partial charge in [0.15, 0.2) is 0 Å². The van der Waals surface area contributed by atoms with Crippen LogP contribution in [0.25, 0.3) is 0 Å². The second-order valence-corrected chi connectivity index (χ2v) is 2.77. The zero-order valence-corrected chi connectivity index (χ0v) is 7.80. The maximum Gasteiger partial charge on any atom is 0.305 e. The number of hydrogen-bond acceptors (Lipinski definition) is 4. The molecule has 1 atom stereocenters. The van der Waals surface area contributed by atoms with E-state index in [2.05, 4.69) is 10.3 Å². The summed E-state index contributed by atoms with van der Waals surface area (Å²) in [5.41, 5.74) is 0. The van der Waals surface area contributed by atoms with E-state index in [1.165, 1.54) is 0 Å². The fraction of sp³-hybridized carbons (Fsp3) is 0.625. The molecular weight excluding hydrogens is 170 g/mol. The van der Waals surface area contributed by atoms with Crippen molar-refractivity contribution in [2.24, 2.45) is 0 Å². The number of aromatic nitrogens is 3.